The summed E-state index contributed by atoms with van der Waals surface area (Å²) in [4.78, 5) is 23.8. The van der Waals surface area contributed by atoms with Gasteiger partial charge in [-0.05, 0) is 55.2 Å². The second-order valence-electron chi connectivity index (χ2n) is 7.29. The van der Waals surface area contributed by atoms with Crippen LogP contribution in [0.5, 0.6) is 0 Å². The first kappa shape index (κ1) is 17.5. The summed E-state index contributed by atoms with van der Waals surface area (Å²) in [5, 5.41) is 3.07. The predicted octanol–water partition coefficient (Wildman–Crippen LogP) is 3.51. The van der Waals surface area contributed by atoms with Crippen molar-refractivity contribution in [2.45, 2.75) is 52.9 Å². The number of nitrogens with one attached hydrogen (secondary N) is 1. The van der Waals surface area contributed by atoms with Crippen LogP contribution in [-0.4, -0.2) is 11.8 Å². The number of hydrogen-bond acceptors (Lipinski definition) is 2. The summed E-state index contributed by atoms with van der Waals surface area (Å²) in [6.07, 6.45) is 4.36. The Bertz CT molecular complexity index is 555. The minimum Gasteiger partial charge on any atom is -0.369 e. The third kappa shape index (κ3) is 4.12. The van der Waals surface area contributed by atoms with Crippen LogP contribution in [0.2, 0.25) is 0 Å². The summed E-state index contributed by atoms with van der Waals surface area (Å²) in [6.45, 7) is 6.55. The molecule has 2 amide bonds. The minimum absolute atomic E-state index is 0.127. The second kappa shape index (κ2) is 7.16. The van der Waals surface area contributed by atoms with Crippen molar-refractivity contribution in [2.75, 3.05) is 5.32 Å². The lowest BCUT2D eigenvalue weighted by molar-refractivity contribution is -0.131. The van der Waals surface area contributed by atoms with E-state index in [-0.39, 0.29) is 23.7 Å². The molecule has 0 aromatic heterocycles. The number of carbonyl (C=O) groups is 2. The molecule has 0 atom stereocenters. The van der Waals surface area contributed by atoms with E-state index in [9.17, 15) is 9.59 Å². The van der Waals surface area contributed by atoms with Gasteiger partial charge in [-0.15, -0.1) is 0 Å². The van der Waals surface area contributed by atoms with Crippen molar-refractivity contribution >= 4 is 17.5 Å². The fourth-order valence-corrected chi connectivity index (χ4v) is 3.51. The first-order valence-corrected chi connectivity index (χ1v) is 8.52. The zero-order valence-electron chi connectivity index (χ0n) is 14.4. The van der Waals surface area contributed by atoms with Crippen molar-refractivity contribution in [3.8, 4) is 0 Å². The number of carbonyl (C=O) groups excluding carboxylic acids is 2. The maximum Gasteiger partial charge on any atom is 0.230 e. The number of benzene rings is 1. The lowest BCUT2D eigenvalue weighted by Crippen LogP contribution is -2.43. The Morgan fingerprint density at radius 2 is 1.78 bits per heavy atom. The highest BCUT2D eigenvalue weighted by Gasteiger charge is 2.43. The van der Waals surface area contributed by atoms with Crippen LogP contribution in [0.4, 0.5) is 5.69 Å². The quantitative estimate of drug-likeness (QED) is 0.872. The maximum absolute atomic E-state index is 12.9. The molecule has 0 bridgehead atoms. The Labute approximate surface area is 138 Å². The van der Waals surface area contributed by atoms with Gasteiger partial charge in [0.05, 0.1) is 11.8 Å². The first-order valence-electron chi connectivity index (χ1n) is 8.52. The van der Waals surface area contributed by atoms with Crippen LogP contribution in [-0.2, 0) is 16.0 Å². The molecular formula is C19H28N2O2. The van der Waals surface area contributed by atoms with Crippen molar-refractivity contribution < 1.29 is 9.59 Å². The first-order chi connectivity index (χ1) is 10.8. The second-order valence-corrected chi connectivity index (χ2v) is 7.29. The Balaban J connectivity index is 2.08. The zero-order chi connectivity index (χ0) is 17.0. The summed E-state index contributed by atoms with van der Waals surface area (Å²) in [7, 11) is 0. The van der Waals surface area contributed by atoms with Gasteiger partial charge in [-0.2, -0.15) is 0 Å². The van der Waals surface area contributed by atoms with Crippen molar-refractivity contribution in [3.63, 3.8) is 0 Å². The lowest BCUT2D eigenvalue weighted by atomic mass is 9.64. The van der Waals surface area contributed by atoms with E-state index in [2.05, 4.69) is 26.1 Å². The van der Waals surface area contributed by atoms with Gasteiger partial charge in [0.2, 0.25) is 11.8 Å². The van der Waals surface area contributed by atoms with Gasteiger partial charge >= 0.3 is 0 Å². The van der Waals surface area contributed by atoms with Crippen molar-refractivity contribution in [1.82, 2.24) is 0 Å². The average molecular weight is 316 g/mol. The summed E-state index contributed by atoms with van der Waals surface area (Å²) < 4.78 is 0. The van der Waals surface area contributed by atoms with Crippen LogP contribution >= 0.6 is 0 Å². The van der Waals surface area contributed by atoms with Gasteiger partial charge in [-0.1, -0.05) is 32.9 Å². The largest absolute Gasteiger partial charge is 0.369 e. The van der Waals surface area contributed by atoms with Crippen LogP contribution < -0.4 is 11.1 Å². The van der Waals surface area contributed by atoms with E-state index in [0.717, 1.165) is 36.9 Å². The van der Waals surface area contributed by atoms with E-state index in [1.54, 1.807) is 0 Å². The van der Waals surface area contributed by atoms with E-state index in [1.807, 2.05) is 24.3 Å². The van der Waals surface area contributed by atoms with E-state index in [1.165, 1.54) is 0 Å². The topological polar surface area (TPSA) is 72.2 Å². The minimum atomic E-state index is -0.350. The normalized spacial score (nSPS) is 24.4. The Hall–Kier alpha value is -1.84. The Morgan fingerprint density at radius 3 is 2.26 bits per heavy atom. The fourth-order valence-electron chi connectivity index (χ4n) is 3.51. The maximum atomic E-state index is 12.9. The molecule has 4 heteroatoms. The molecule has 2 rings (SSSR count). The highest BCUT2D eigenvalue weighted by molar-refractivity contribution is 5.95. The molecule has 0 heterocycles. The van der Waals surface area contributed by atoms with Crippen molar-refractivity contribution in [1.29, 1.82) is 0 Å². The number of anilines is 1. The molecule has 1 aromatic carbocycles. The summed E-state index contributed by atoms with van der Waals surface area (Å²) >= 11 is 0. The number of nitrogens with two attached hydrogens (primary N) is 1. The number of hydrogen-bond donors (Lipinski definition) is 2. The van der Waals surface area contributed by atoms with Crippen molar-refractivity contribution in [3.05, 3.63) is 29.8 Å². The van der Waals surface area contributed by atoms with Crippen molar-refractivity contribution in [2.24, 2.45) is 23.0 Å². The van der Waals surface area contributed by atoms with Gasteiger partial charge in [-0.3, -0.25) is 9.59 Å². The molecule has 1 aliphatic rings. The van der Waals surface area contributed by atoms with Gasteiger partial charge in [0, 0.05) is 5.69 Å². The van der Waals surface area contributed by atoms with Gasteiger partial charge in [0.15, 0.2) is 0 Å². The highest BCUT2D eigenvalue weighted by Crippen LogP contribution is 2.45. The molecule has 126 valence electrons. The van der Waals surface area contributed by atoms with E-state index >= 15 is 0 Å². The summed E-state index contributed by atoms with van der Waals surface area (Å²) in [5.74, 6) is 0.811. The third-order valence-electron chi connectivity index (χ3n) is 5.31. The zero-order valence-corrected chi connectivity index (χ0v) is 14.4. The SMILES string of the molecule is CC1CCC(C(=O)Nc2ccc(CC(N)=O)cc2)(C(C)C)CC1. The van der Waals surface area contributed by atoms with Crippen LogP contribution in [0.1, 0.15) is 52.0 Å². The average Bonchev–Trinajstić information content (AvgIpc) is 2.49. The summed E-state index contributed by atoms with van der Waals surface area (Å²) in [6, 6.07) is 7.36. The molecule has 4 nitrogen and oxygen atoms in total. The molecule has 0 unspecified atom stereocenters. The molecule has 0 aliphatic heterocycles. The Kier molecular flexibility index (Phi) is 5.45. The monoisotopic (exact) mass is 316 g/mol. The van der Waals surface area contributed by atoms with E-state index in [4.69, 9.17) is 5.73 Å². The van der Waals surface area contributed by atoms with Crippen LogP contribution in [0.15, 0.2) is 24.3 Å². The van der Waals surface area contributed by atoms with Gasteiger partial charge in [0.25, 0.3) is 0 Å². The molecule has 0 spiro atoms. The third-order valence-corrected chi connectivity index (χ3v) is 5.31. The number of amides is 2. The molecule has 1 aliphatic carbocycles. The molecule has 3 N–H and O–H groups in total. The van der Waals surface area contributed by atoms with Gasteiger partial charge < -0.3 is 11.1 Å². The number of rotatable bonds is 5. The predicted molar refractivity (Wildman–Crippen MR) is 92.9 cm³/mol. The molecule has 23 heavy (non-hydrogen) atoms. The fraction of sp³-hybridized carbons (Fsp3) is 0.579. The van der Waals surface area contributed by atoms with Gasteiger partial charge in [-0.25, -0.2) is 0 Å². The smallest absolute Gasteiger partial charge is 0.230 e. The number of primary amides is 1. The van der Waals surface area contributed by atoms with E-state index in [0.29, 0.717) is 11.8 Å². The lowest BCUT2D eigenvalue weighted by Gasteiger charge is -2.41. The molecule has 1 fully saturated rings. The summed E-state index contributed by atoms with van der Waals surface area (Å²) in [5.41, 5.74) is 6.57. The molecule has 1 saturated carbocycles. The molecule has 1 aromatic rings. The standard InChI is InChI=1S/C19H28N2O2/c1-13(2)19(10-8-14(3)9-11-19)18(23)21-16-6-4-15(5-7-16)12-17(20)22/h4-7,13-14H,8-12H2,1-3H3,(H2,20,22)(H,21,23). The molecule has 0 radical (unpaired) electrons. The molecular weight excluding hydrogens is 288 g/mol. The van der Waals surface area contributed by atoms with Crippen LogP contribution in [0, 0.1) is 17.3 Å². The van der Waals surface area contributed by atoms with E-state index < -0.39 is 0 Å². The van der Waals surface area contributed by atoms with Gasteiger partial charge in [0.1, 0.15) is 0 Å². The highest BCUT2D eigenvalue weighted by atomic mass is 16.2. The van der Waals surface area contributed by atoms with Crippen LogP contribution in [0.3, 0.4) is 0 Å². The molecule has 0 saturated heterocycles. The Morgan fingerprint density at radius 1 is 1.22 bits per heavy atom. The van der Waals surface area contributed by atoms with Crippen LogP contribution in [0.25, 0.3) is 0 Å².